The van der Waals surface area contributed by atoms with E-state index in [0.29, 0.717) is 103 Å². The summed E-state index contributed by atoms with van der Waals surface area (Å²) < 4.78 is 49.3. The third kappa shape index (κ3) is 20.1. The van der Waals surface area contributed by atoms with Crippen molar-refractivity contribution in [3.8, 4) is 45.4 Å². The molecule has 2 aliphatic heterocycles. The number of ether oxygens (including phenoxy) is 2. The first-order valence-corrected chi connectivity index (χ1v) is 43.0. The highest BCUT2D eigenvalue weighted by molar-refractivity contribution is 8.15. The van der Waals surface area contributed by atoms with Gasteiger partial charge in [0, 0.05) is 94.9 Å². The number of benzene rings is 9. The largest absolute Gasteiger partial charge is 0.462 e. The molecular weight excluding hydrogens is 1580 g/mol. The summed E-state index contributed by atoms with van der Waals surface area (Å²) >= 11 is 2.62. The molecule has 17 rings (SSSR count). The Morgan fingerprint density at radius 2 is 0.861 bits per heavy atom. The molecule has 2 atom stereocenters. The smallest absolute Gasteiger partial charge is 0.338 e. The fraction of sp³-hybridized carbons (Fsp3) is 0.286. The molecular formula is C98H98F2N12O8S2. The predicted molar refractivity (Wildman–Crippen MR) is 489 cm³/mol. The molecule has 2 saturated heterocycles. The second kappa shape index (κ2) is 37.6. The number of hydrogen-bond acceptors (Lipinski definition) is 22. The van der Waals surface area contributed by atoms with Crippen LogP contribution in [0.2, 0.25) is 0 Å². The number of halogens is 2. The third-order valence-corrected chi connectivity index (χ3v) is 23.2. The van der Waals surface area contributed by atoms with Crippen molar-refractivity contribution < 1.29 is 46.3 Å². The quantitative estimate of drug-likeness (QED) is 0.0727. The molecule has 9 aromatic carbocycles. The number of esters is 2. The van der Waals surface area contributed by atoms with Crippen molar-refractivity contribution in [3.63, 3.8) is 0 Å². The monoisotopic (exact) mass is 1670 g/mol. The highest BCUT2D eigenvalue weighted by Crippen LogP contribution is 2.41. The molecule has 0 N–H and O–H groups in total. The zero-order chi connectivity index (χ0) is 86.2. The van der Waals surface area contributed by atoms with Crippen molar-refractivity contribution in [3.05, 3.63) is 252 Å². The second-order valence-electron chi connectivity index (χ2n) is 32.2. The lowest BCUT2D eigenvalue weighted by Crippen LogP contribution is -2.28. The number of nitrogens with zero attached hydrogens (tertiary/aromatic N) is 12. The van der Waals surface area contributed by atoms with Gasteiger partial charge in [0.05, 0.1) is 68.0 Å². The van der Waals surface area contributed by atoms with Crippen LogP contribution in [0, 0.1) is 11.6 Å². The zero-order valence-electron chi connectivity index (χ0n) is 71.0. The van der Waals surface area contributed by atoms with Gasteiger partial charge in [-0.05, 0) is 239 Å². The molecule has 0 saturated carbocycles. The summed E-state index contributed by atoms with van der Waals surface area (Å²) in [7, 11) is 3.99. The van der Waals surface area contributed by atoms with Gasteiger partial charge in [0.15, 0.2) is 34.8 Å². The summed E-state index contributed by atoms with van der Waals surface area (Å²) in [5, 5.41) is 2.11. The Hall–Kier alpha value is -12.5. The number of rotatable bonds is 18. The van der Waals surface area contributed by atoms with Crippen LogP contribution in [0.4, 0.5) is 32.1 Å². The van der Waals surface area contributed by atoms with E-state index < -0.39 is 0 Å². The van der Waals surface area contributed by atoms with E-state index in [1.54, 1.807) is 67.6 Å². The van der Waals surface area contributed by atoms with Crippen molar-refractivity contribution in [1.82, 2.24) is 39.9 Å². The minimum Gasteiger partial charge on any atom is -0.462 e. The fourth-order valence-electron chi connectivity index (χ4n) is 14.3. The SMILES string of the molecule is CC(C)N(C)c1nc2cc(C(=O)SC(C)(C)C)ccc2nc1-c1cc2ccccc2o1.CC(C)N(C)c1nc2cc(C(=O)SCc3ccccc3)ccc2nc1-c1cc2ccccc2o1.CC(C)OC(=O)c1ccc2nc(-c3ccc(F)cc3)c(N3CCC[C@@H]3C)nc2c1.CCOC(=O)c1ccc2nc(-c3ccc(F)cc3)c(N3CCC[C@@H]3C)nc2c1. The molecule has 6 aromatic heterocycles. The molecule has 2 fully saturated rings. The Bertz CT molecular complexity index is 6280. The van der Waals surface area contributed by atoms with E-state index in [-0.39, 0.29) is 56.7 Å². The van der Waals surface area contributed by atoms with Crippen molar-refractivity contribution >= 4 is 135 Å². The van der Waals surface area contributed by atoms with Gasteiger partial charge >= 0.3 is 11.9 Å². The Kier molecular flexibility index (Phi) is 26.5. The van der Waals surface area contributed by atoms with Crippen LogP contribution in [0.15, 0.2) is 221 Å². The summed E-state index contributed by atoms with van der Waals surface area (Å²) in [6, 6.07) is 65.0. The number of carbonyl (C=O) groups excluding carboxylic acids is 4. The molecule has 20 nitrogen and oxygen atoms in total. The Morgan fingerprint density at radius 1 is 0.467 bits per heavy atom. The van der Waals surface area contributed by atoms with Gasteiger partial charge in [-0.2, -0.15) is 0 Å². The van der Waals surface area contributed by atoms with Gasteiger partial charge in [0.25, 0.3) is 0 Å². The summed E-state index contributed by atoms with van der Waals surface area (Å²) in [5.41, 5.74) is 14.9. The fourth-order valence-corrected chi connectivity index (χ4v) is 15.9. The number of carbonyl (C=O) groups is 4. The summed E-state index contributed by atoms with van der Waals surface area (Å²) in [6.45, 7) is 26.4. The summed E-state index contributed by atoms with van der Waals surface area (Å²) in [4.78, 5) is 97.7. The lowest BCUT2D eigenvalue weighted by molar-refractivity contribution is 0.0377. The van der Waals surface area contributed by atoms with E-state index in [4.69, 9.17) is 58.2 Å². The predicted octanol–water partition coefficient (Wildman–Crippen LogP) is 23.1. The van der Waals surface area contributed by atoms with Crippen LogP contribution >= 0.6 is 23.5 Å². The van der Waals surface area contributed by atoms with Crippen LogP contribution in [0.3, 0.4) is 0 Å². The molecule has 2 aliphatic rings. The van der Waals surface area contributed by atoms with Crippen molar-refractivity contribution in [1.29, 1.82) is 0 Å². The van der Waals surface area contributed by atoms with E-state index >= 15 is 0 Å². The number of para-hydroxylation sites is 2. The van der Waals surface area contributed by atoms with Crippen molar-refractivity contribution in [2.45, 2.75) is 150 Å². The molecule has 8 heterocycles. The molecule has 624 valence electrons. The minimum atomic E-state index is -0.373. The van der Waals surface area contributed by atoms with Gasteiger partial charge in [0.2, 0.25) is 10.2 Å². The van der Waals surface area contributed by atoms with Crippen LogP contribution in [-0.4, -0.2) is 131 Å². The highest BCUT2D eigenvalue weighted by Gasteiger charge is 2.30. The molecule has 0 amide bonds. The number of fused-ring (bicyclic) bond motifs is 6. The number of aromatic nitrogens is 8. The van der Waals surface area contributed by atoms with E-state index in [1.807, 2.05) is 176 Å². The molecule has 122 heavy (non-hydrogen) atoms. The Labute approximate surface area is 716 Å². The average Bonchev–Trinajstić information content (AvgIpc) is 1.56. The number of thioether (sulfide) groups is 2. The van der Waals surface area contributed by atoms with E-state index in [0.717, 1.165) is 123 Å². The van der Waals surface area contributed by atoms with Crippen LogP contribution in [0.1, 0.15) is 156 Å². The molecule has 0 bridgehead atoms. The molecule has 24 heteroatoms. The summed E-state index contributed by atoms with van der Waals surface area (Å²) in [6.07, 6.45) is 4.16. The van der Waals surface area contributed by atoms with Gasteiger partial charge in [-0.15, -0.1) is 0 Å². The maximum atomic E-state index is 13.4. The second-order valence-corrected chi connectivity index (χ2v) is 35.0. The average molecular weight is 1670 g/mol. The molecule has 0 aliphatic carbocycles. The number of hydrogen-bond donors (Lipinski definition) is 0. The van der Waals surface area contributed by atoms with E-state index in [9.17, 15) is 28.0 Å². The maximum absolute atomic E-state index is 13.4. The Morgan fingerprint density at radius 3 is 1.26 bits per heavy atom. The van der Waals surface area contributed by atoms with Gasteiger partial charge in [-0.3, -0.25) is 9.59 Å². The van der Waals surface area contributed by atoms with Gasteiger partial charge in [-0.1, -0.05) is 111 Å². The zero-order valence-corrected chi connectivity index (χ0v) is 72.6. The van der Waals surface area contributed by atoms with Crippen LogP contribution in [0.25, 0.3) is 111 Å². The van der Waals surface area contributed by atoms with E-state index in [2.05, 4.69) is 61.1 Å². The van der Waals surface area contributed by atoms with Crippen LogP contribution < -0.4 is 19.6 Å². The highest BCUT2D eigenvalue weighted by atomic mass is 32.2. The van der Waals surface area contributed by atoms with Gasteiger partial charge < -0.3 is 37.9 Å². The number of furan rings is 2. The lowest BCUT2D eigenvalue weighted by atomic mass is 10.1. The first-order chi connectivity index (χ1) is 58.6. The topological polar surface area (TPSA) is 229 Å². The number of anilines is 4. The van der Waals surface area contributed by atoms with Crippen LogP contribution in [-0.2, 0) is 15.2 Å². The normalized spacial score (nSPS) is 14.0. The first-order valence-electron chi connectivity index (χ1n) is 41.2. The van der Waals surface area contributed by atoms with E-state index in [1.165, 1.54) is 47.8 Å². The van der Waals surface area contributed by atoms with Gasteiger partial charge in [0.1, 0.15) is 45.6 Å². The third-order valence-electron chi connectivity index (χ3n) is 21.2. The van der Waals surface area contributed by atoms with Crippen molar-refractivity contribution in [2.75, 3.05) is 53.4 Å². The maximum Gasteiger partial charge on any atom is 0.338 e. The standard InChI is InChI=1S/C28H25N3O2S.C25H27N3O2S.C23H24FN3O2.C22H22FN3O2/c1-18(2)31(3)27-26(25-16-20-11-7-8-12-24(20)33-25)29-22-14-13-21(15-23(22)30-27)28(32)34-17-19-9-5-4-6-10-19;1-15(2)28(6)23-22(21-14-16-9-7-8-10-20(16)30-21)26-18-12-11-17(13-19(18)27-23)24(29)31-25(3,4)5;1-14(2)29-23(28)17-8-11-19-20(13-17)26-22(27-12-4-5-15(27)3)21(25-19)16-6-9-18(24)10-7-16;1-3-28-22(27)16-8-11-18-19(13-16)25-21(26-12-4-5-14(26)2)20(24-18)15-6-9-17(23)10-7-15/h4-16,18H,17H2,1-3H3;7-15H,1-6H3;6-11,13-15H,4-5,12H2,1-3H3;6-11,13-14H,3-5,12H2,1-2H3/t;;15-;14-/m..00/s1. The van der Waals surface area contributed by atoms with Gasteiger partial charge in [-0.25, -0.2) is 58.2 Å². The summed E-state index contributed by atoms with van der Waals surface area (Å²) in [5.74, 6) is 3.67. The first kappa shape index (κ1) is 85.9. The molecule has 15 aromatic rings. The Balaban J connectivity index is 0.000000133. The molecule has 0 spiro atoms. The molecule has 0 radical (unpaired) electrons. The molecule has 0 unspecified atom stereocenters. The minimum absolute atomic E-state index is 0.0210. The van der Waals surface area contributed by atoms with Crippen LogP contribution in [0.5, 0.6) is 0 Å². The van der Waals surface area contributed by atoms with Crippen molar-refractivity contribution in [2.24, 2.45) is 0 Å². The lowest BCUT2D eigenvalue weighted by Gasteiger charge is -2.25.